The van der Waals surface area contributed by atoms with E-state index in [0.717, 1.165) is 25.9 Å². The van der Waals surface area contributed by atoms with E-state index >= 15 is 0 Å². The van der Waals surface area contributed by atoms with Crippen molar-refractivity contribution in [3.8, 4) is 11.5 Å². The second-order valence-corrected chi connectivity index (χ2v) is 7.14. The fourth-order valence-corrected chi connectivity index (χ4v) is 3.52. The van der Waals surface area contributed by atoms with Gasteiger partial charge in [0.25, 0.3) is 11.1 Å². The Hall–Kier alpha value is -1.89. The minimum atomic E-state index is -0.411. The molecule has 7 heteroatoms. The number of amides is 1. The fourth-order valence-electron chi connectivity index (χ4n) is 2.75. The van der Waals surface area contributed by atoms with Crippen molar-refractivity contribution in [3.63, 3.8) is 0 Å². The molecule has 24 heavy (non-hydrogen) atoms. The molecule has 128 valence electrons. The number of benzene rings is 1. The molecule has 3 rings (SSSR count). The minimum Gasteiger partial charge on any atom is -0.411 e. The zero-order valence-electron chi connectivity index (χ0n) is 13.6. The van der Waals surface area contributed by atoms with Gasteiger partial charge >= 0.3 is 0 Å². The molecule has 0 N–H and O–H groups in total. The summed E-state index contributed by atoms with van der Waals surface area (Å²) in [5.41, 5.74) is 0.267. The zero-order valence-corrected chi connectivity index (χ0v) is 14.4. The average Bonchev–Trinajstić information content (AvgIpc) is 2.87. The van der Waals surface area contributed by atoms with E-state index in [2.05, 4.69) is 10.2 Å². The molecule has 1 aromatic heterocycles. The second kappa shape index (κ2) is 7.79. The van der Waals surface area contributed by atoms with E-state index in [9.17, 15) is 9.18 Å². The lowest BCUT2D eigenvalue weighted by Gasteiger charge is -2.23. The lowest BCUT2D eigenvalue weighted by molar-refractivity contribution is -0.130. The number of hydrogen-bond donors (Lipinski definition) is 0. The second-order valence-electron chi connectivity index (χ2n) is 5.85. The Morgan fingerprint density at radius 2 is 1.92 bits per heavy atom. The molecule has 1 atom stereocenters. The van der Waals surface area contributed by atoms with Crippen molar-refractivity contribution in [1.82, 2.24) is 15.1 Å². The van der Waals surface area contributed by atoms with Crippen molar-refractivity contribution >= 4 is 17.7 Å². The summed E-state index contributed by atoms with van der Waals surface area (Å²) in [5, 5.41) is 7.79. The Kier molecular flexibility index (Phi) is 5.50. The Balaban J connectivity index is 1.65. The largest absolute Gasteiger partial charge is 0.411 e. The number of likely N-dealkylation sites (tertiary alicyclic amines) is 1. The molecule has 1 aromatic carbocycles. The predicted molar refractivity (Wildman–Crippen MR) is 90.1 cm³/mol. The van der Waals surface area contributed by atoms with E-state index in [1.54, 1.807) is 18.2 Å². The maximum absolute atomic E-state index is 13.8. The SMILES string of the molecule is C[C@H](Sc1nnc(-c2ccccc2F)o1)C(=O)N1CCCCCC1. The third-order valence-electron chi connectivity index (χ3n) is 4.05. The van der Waals surface area contributed by atoms with Crippen LogP contribution < -0.4 is 0 Å². The van der Waals surface area contributed by atoms with E-state index < -0.39 is 5.82 Å². The highest BCUT2D eigenvalue weighted by Gasteiger charge is 2.24. The van der Waals surface area contributed by atoms with Crippen LogP contribution >= 0.6 is 11.8 Å². The summed E-state index contributed by atoms with van der Waals surface area (Å²) in [6, 6.07) is 6.24. The normalized spacial score (nSPS) is 16.7. The van der Waals surface area contributed by atoms with E-state index in [1.807, 2.05) is 11.8 Å². The molecule has 1 saturated heterocycles. The molecule has 0 bridgehead atoms. The van der Waals surface area contributed by atoms with Crippen molar-refractivity contribution in [1.29, 1.82) is 0 Å². The average molecular weight is 349 g/mol. The first-order chi connectivity index (χ1) is 11.6. The van der Waals surface area contributed by atoms with Gasteiger partial charge in [0, 0.05) is 13.1 Å². The third-order valence-corrected chi connectivity index (χ3v) is 4.98. The van der Waals surface area contributed by atoms with Crippen LogP contribution in [0.1, 0.15) is 32.6 Å². The first-order valence-electron chi connectivity index (χ1n) is 8.19. The van der Waals surface area contributed by atoms with Gasteiger partial charge in [-0.2, -0.15) is 0 Å². The molecule has 2 heterocycles. The van der Waals surface area contributed by atoms with Gasteiger partial charge in [0.05, 0.1) is 10.8 Å². The molecule has 2 aromatic rings. The Morgan fingerprint density at radius 3 is 2.62 bits per heavy atom. The first kappa shape index (κ1) is 17.0. The van der Waals surface area contributed by atoms with Crippen molar-refractivity contribution in [3.05, 3.63) is 30.1 Å². The van der Waals surface area contributed by atoms with Crippen LogP contribution in [-0.4, -0.2) is 39.3 Å². The van der Waals surface area contributed by atoms with Gasteiger partial charge in [0.15, 0.2) is 0 Å². The summed E-state index contributed by atoms with van der Waals surface area (Å²) in [5.74, 6) is -0.191. The number of hydrogen-bond acceptors (Lipinski definition) is 5. The fraction of sp³-hybridized carbons (Fsp3) is 0.471. The van der Waals surface area contributed by atoms with E-state index in [1.165, 1.54) is 30.7 Å². The molecule has 1 aliphatic rings. The van der Waals surface area contributed by atoms with Crippen molar-refractivity contribution in [2.75, 3.05) is 13.1 Å². The molecule has 0 saturated carbocycles. The summed E-state index contributed by atoms with van der Waals surface area (Å²) in [6.07, 6.45) is 4.48. The van der Waals surface area contributed by atoms with Gasteiger partial charge in [0.1, 0.15) is 5.82 Å². The summed E-state index contributed by atoms with van der Waals surface area (Å²) in [4.78, 5) is 14.5. The van der Waals surface area contributed by atoms with Gasteiger partial charge in [-0.1, -0.05) is 36.7 Å². The number of halogens is 1. The Morgan fingerprint density at radius 1 is 1.21 bits per heavy atom. The van der Waals surface area contributed by atoms with Crippen LogP contribution in [0.5, 0.6) is 0 Å². The molecular formula is C17H20FN3O2S. The van der Waals surface area contributed by atoms with Crippen LogP contribution in [0.25, 0.3) is 11.5 Å². The predicted octanol–water partition coefficient (Wildman–Crippen LogP) is 3.76. The van der Waals surface area contributed by atoms with Gasteiger partial charge < -0.3 is 9.32 Å². The van der Waals surface area contributed by atoms with E-state index in [4.69, 9.17) is 4.42 Å². The maximum atomic E-state index is 13.8. The highest BCUT2D eigenvalue weighted by Crippen LogP contribution is 2.28. The summed E-state index contributed by atoms with van der Waals surface area (Å²) in [7, 11) is 0. The van der Waals surface area contributed by atoms with Gasteiger partial charge in [-0.3, -0.25) is 4.79 Å². The van der Waals surface area contributed by atoms with E-state index in [0.29, 0.717) is 0 Å². The van der Waals surface area contributed by atoms with Gasteiger partial charge in [-0.25, -0.2) is 4.39 Å². The van der Waals surface area contributed by atoms with Gasteiger partial charge in [0.2, 0.25) is 5.91 Å². The molecule has 1 fully saturated rings. The number of carbonyl (C=O) groups is 1. The van der Waals surface area contributed by atoms with Crippen LogP contribution in [0.15, 0.2) is 33.9 Å². The molecule has 0 unspecified atom stereocenters. The molecule has 1 amide bonds. The molecule has 0 spiro atoms. The number of aromatic nitrogens is 2. The lowest BCUT2D eigenvalue weighted by Crippen LogP contribution is -2.37. The molecular weight excluding hydrogens is 329 g/mol. The topological polar surface area (TPSA) is 59.2 Å². The first-order valence-corrected chi connectivity index (χ1v) is 9.07. The number of carbonyl (C=O) groups excluding carboxylic acids is 1. The highest BCUT2D eigenvalue weighted by molar-refractivity contribution is 8.00. The third kappa shape index (κ3) is 3.95. The quantitative estimate of drug-likeness (QED) is 0.787. The van der Waals surface area contributed by atoms with Crippen LogP contribution in [-0.2, 0) is 4.79 Å². The molecule has 0 aliphatic carbocycles. The highest BCUT2D eigenvalue weighted by atomic mass is 32.2. The Bertz CT molecular complexity index is 699. The number of rotatable bonds is 4. The van der Waals surface area contributed by atoms with Crippen molar-refractivity contribution < 1.29 is 13.6 Å². The standard InChI is InChI=1S/C17H20FN3O2S/c1-12(16(22)21-10-6-2-3-7-11-21)24-17-20-19-15(23-17)13-8-4-5-9-14(13)18/h4-5,8-9,12H,2-3,6-7,10-11H2,1H3/t12-/m0/s1. The minimum absolute atomic E-state index is 0.0903. The number of nitrogens with zero attached hydrogens (tertiary/aromatic N) is 3. The van der Waals surface area contributed by atoms with Crippen LogP contribution in [0.3, 0.4) is 0 Å². The monoisotopic (exact) mass is 349 g/mol. The molecule has 1 aliphatic heterocycles. The lowest BCUT2D eigenvalue weighted by atomic mass is 10.2. The van der Waals surface area contributed by atoms with E-state index in [-0.39, 0.29) is 27.8 Å². The Labute approximate surface area is 144 Å². The number of thioether (sulfide) groups is 1. The molecule has 5 nitrogen and oxygen atoms in total. The van der Waals surface area contributed by atoms with Crippen molar-refractivity contribution in [2.45, 2.75) is 43.1 Å². The summed E-state index contributed by atoms with van der Waals surface area (Å²) in [6.45, 7) is 3.47. The zero-order chi connectivity index (χ0) is 16.9. The summed E-state index contributed by atoms with van der Waals surface area (Å²) < 4.78 is 19.3. The van der Waals surface area contributed by atoms with Crippen LogP contribution in [0.4, 0.5) is 4.39 Å². The molecule has 0 radical (unpaired) electrons. The van der Waals surface area contributed by atoms with Crippen molar-refractivity contribution in [2.24, 2.45) is 0 Å². The maximum Gasteiger partial charge on any atom is 0.277 e. The van der Waals surface area contributed by atoms with Gasteiger partial charge in [-0.05, 0) is 31.9 Å². The van der Waals surface area contributed by atoms with Crippen LogP contribution in [0.2, 0.25) is 0 Å². The summed E-state index contributed by atoms with van der Waals surface area (Å²) >= 11 is 1.22. The van der Waals surface area contributed by atoms with Crippen LogP contribution in [0, 0.1) is 5.82 Å². The van der Waals surface area contributed by atoms with Gasteiger partial charge in [-0.15, -0.1) is 10.2 Å². The smallest absolute Gasteiger partial charge is 0.277 e.